The Hall–Kier alpha value is -0.600. The Morgan fingerprint density at radius 2 is 2.07 bits per heavy atom. The van der Waals surface area contributed by atoms with Gasteiger partial charge in [-0.2, -0.15) is 0 Å². The van der Waals surface area contributed by atoms with Crippen LogP contribution in [0.25, 0.3) is 0 Å². The largest absolute Gasteiger partial charge is 0.324 e. The Morgan fingerprint density at radius 3 is 2.64 bits per heavy atom. The highest BCUT2D eigenvalue weighted by atomic mass is 15.1. The van der Waals surface area contributed by atoms with Gasteiger partial charge in [0.25, 0.3) is 0 Å². The van der Waals surface area contributed by atoms with Gasteiger partial charge in [0.1, 0.15) is 0 Å². The van der Waals surface area contributed by atoms with Gasteiger partial charge < -0.3 is 10.6 Å². The zero-order valence-corrected chi connectivity index (χ0v) is 8.95. The van der Waals surface area contributed by atoms with Crippen molar-refractivity contribution in [2.45, 2.75) is 25.3 Å². The smallest absolute Gasteiger partial charge is 0.0262 e. The highest BCUT2D eigenvalue weighted by Crippen LogP contribution is 2.27. The van der Waals surface area contributed by atoms with Crippen LogP contribution in [0.4, 0.5) is 0 Å². The summed E-state index contributed by atoms with van der Waals surface area (Å²) in [5.41, 5.74) is 7.34. The summed E-state index contributed by atoms with van der Waals surface area (Å²) >= 11 is 0. The molecule has 1 fully saturated rings. The van der Waals surface area contributed by atoms with Gasteiger partial charge in [-0.3, -0.25) is 0 Å². The predicted molar refractivity (Wildman–Crippen MR) is 60.0 cm³/mol. The number of nitrogens with zero attached hydrogens (tertiary/aromatic N) is 1. The van der Waals surface area contributed by atoms with Crippen molar-refractivity contribution in [2.24, 2.45) is 11.7 Å². The summed E-state index contributed by atoms with van der Waals surface area (Å²) in [6, 6.07) is 0.255. The Bertz CT molecular complexity index is 247. The van der Waals surface area contributed by atoms with Crippen molar-refractivity contribution in [2.75, 3.05) is 20.1 Å². The van der Waals surface area contributed by atoms with Crippen molar-refractivity contribution in [3.8, 4) is 0 Å². The van der Waals surface area contributed by atoms with Crippen LogP contribution in [0.3, 0.4) is 0 Å². The molecule has 2 rings (SSSR count). The van der Waals surface area contributed by atoms with E-state index in [4.69, 9.17) is 5.73 Å². The quantitative estimate of drug-likeness (QED) is 0.683. The topological polar surface area (TPSA) is 29.3 Å². The molecular formula is C12H20N2. The molecule has 1 aliphatic heterocycles. The van der Waals surface area contributed by atoms with Crippen molar-refractivity contribution >= 4 is 0 Å². The highest BCUT2D eigenvalue weighted by Gasteiger charge is 2.20. The van der Waals surface area contributed by atoms with Gasteiger partial charge in [-0.05, 0) is 50.9 Å². The summed E-state index contributed by atoms with van der Waals surface area (Å²) < 4.78 is 0. The van der Waals surface area contributed by atoms with Crippen LogP contribution >= 0.6 is 0 Å². The Morgan fingerprint density at radius 1 is 1.36 bits per heavy atom. The highest BCUT2D eigenvalue weighted by molar-refractivity contribution is 5.27. The van der Waals surface area contributed by atoms with Crippen molar-refractivity contribution in [1.82, 2.24) is 4.90 Å². The van der Waals surface area contributed by atoms with E-state index in [-0.39, 0.29) is 6.04 Å². The van der Waals surface area contributed by atoms with Crippen molar-refractivity contribution < 1.29 is 0 Å². The minimum Gasteiger partial charge on any atom is -0.324 e. The fraction of sp³-hybridized carbons (Fsp3) is 0.667. The molecule has 0 radical (unpaired) electrons. The molecule has 2 nitrogen and oxygen atoms in total. The lowest BCUT2D eigenvalue weighted by Gasteiger charge is -2.30. The summed E-state index contributed by atoms with van der Waals surface area (Å²) in [4.78, 5) is 2.41. The van der Waals surface area contributed by atoms with Crippen LogP contribution in [0.1, 0.15) is 19.3 Å². The lowest BCUT2D eigenvalue weighted by molar-refractivity contribution is 0.239. The molecule has 0 aromatic rings. The first-order valence-electron chi connectivity index (χ1n) is 5.58. The van der Waals surface area contributed by atoms with E-state index in [0.29, 0.717) is 0 Å². The molecule has 2 N–H and O–H groups in total. The maximum atomic E-state index is 5.81. The molecule has 1 heterocycles. The fourth-order valence-electron chi connectivity index (χ4n) is 2.30. The number of hydrogen-bond acceptors (Lipinski definition) is 2. The van der Waals surface area contributed by atoms with Gasteiger partial charge in [0, 0.05) is 6.04 Å². The van der Waals surface area contributed by atoms with Crippen molar-refractivity contribution in [3.05, 3.63) is 23.8 Å². The van der Waals surface area contributed by atoms with Gasteiger partial charge in [0.2, 0.25) is 0 Å². The molecule has 14 heavy (non-hydrogen) atoms. The summed E-state index contributed by atoms with van der Waals surface area (Å²) in [6.45, 7) is 2.48. The van der Waals surface area contributed by atoms with Crippen LogP contribution in [0.2, 0.25) is 0 Å². The fourth-order valence-corrected chi connectivity index (χ4v) is 2.30. The second kappa shape index (κ2) is 4.28. The first-order valence-corrected chi connectivity index (χ1v) is 5.58. The molecular weight excluding hydrogens is 172 g/mol. The van der Waals surface area contributed by atoms with Crippen molar-refractivity contribution in [1.29, 1.82) is 0 Å². The molecule has 0 unspecified atom stereocenters. The van der Waals surface area contributed by atoms with E-state index < -0.39 is 0 Å². The first kappa shape index (κ1) is 9.94. The molecule has 1 saturated heterocycles. The Labute approximate surface area is 86.5 Å². The van der Waals surface area contributed by atoms with Crippen LogP contribution in [-0.2, 0) is 0 Å². The zero-order chi connectivity index (χ0) is 9.97. The number of nitrogens with two attached hydrogens (primary N) is 1. The maximum absolute atomic E-state index is 5.81. The minimum atomic E-state index is 0.255. The number of likely N-dealkylation sites (tertiary alicyclic amines) is 1. The lowest BCUT2D eigenvalue weighted by Crippen LogP contribution is -2.31. The molecule has 1 aliphatic carbocycles. The van der Waals surface area contributed by atoms with Gasteiger partial charge in [0.05, 0.1) is 0 Å². The van der Waals surface area contributed by atoms with Gasteiger partial charge >= 0.3 is 0 Å². The second-order valence-corrected chi connectivity index (χ2v) is 4.54. The summed E-state index contributed by atoms with van der Waals surface area (Å²) in [5, 5.41) is 0. The third kappa shape index (κ3) is 2.25. The van der Waals surface area contributed by atoms with Crippen LogP contribution in [0.5, 0.6) is 0 Å². The van der Waals surface area contributed by atoms with Crippen LogP contribution < -0.4 is 5.73 Å². The van der Waals surface area contributed by atoms with E-state index in [1.165, 1.54) is 31.5 Å². The number of hydrogen-bond donors (Lipinski definition) is 1. The van der Waals surface area contributed by atoms with Gasteiger partial charge in [-0.1, -0.05) is 18.2 Å². The summed E-state index contributed by atoms with van der Waals surface area (Å²) in [6.07, 6.45) is 10.4. The normalized spacial score (nSPS) is 30.4. The molecule has 0 aromatic heterocycles. The lowest BCUT2D eigenvalue weighted by atomic mass is 9.86. The monoisotopic (exact) mass is 192 g/mol. The van der Waals surface area contributed by atoms with Crippen LogP contribution in [0.15, 0.2) is 23.8 Å². The van der Waals surface area contributed by atoms with Crippen LogP contribution in [-0.4, -0.2) is 31.1 Å². The molecule has 0 bridgehead atoms. The molecule has 0 spiro atoms. The number of rotatable bonds is 1. The molecule has 0 amide bonds. The van der Waals surface area contributed by atoms with E-state index >= 15 is 0 Å². The Kier molecular flexibility index (Phi) is 3.04. The SMILES string of the molecule is CN1CCC(C2=CC[C@H](N)C=C2)CC1. The molecule has 78 valence electrons. The maximum Gasteiger partial charge on any atom is 0.0262 e. The van der Waals surface area contributed by atoms with Gasteiger partial charge in [-0.25, -0.2) is 0 Å². The van der Waals surface area contributed by atoms with E-state index in [2.05, 4.69) is 30.2 Å². The minimum absolute atomic E-state index is 0.255. The Balaban J connectivity index is 1.93. The predicted octanol–water partition coefficient (Wildman–Crippen LogP) is 1.54. The molecule has 2 aliphatic rings. The van der Waals surface area contributed by atoms with E-state index in [1.54, 1.807) is 0 Å². The van der Waals surface area contributed by atoms with E-state index in [1.807, 2.05) is 0 Å². The van der Waals surface area contributed by atoms with Gasteiger partial charge in [0.15, 0.2) is 0 Å². The molecule has 0 aromatic carbocycles. The summed E-state index contributed by atoms with van der Waals surface area (Å²) in [5.74, 6) is 0.787. The molecule has 0 saturated carbocycles. The second-order valence-electron chi connectivity index (χ2n) is 4.54. The third-order valence-electron chi connectivity index (χ3n) is 3.35. The van der Waals surface area contributed by atoms with Crippen molar-refractivity contribution in [3.63, 3.8) is 0 Å². The van der Waals surface area contributed by atoms with Crippen LogP contribution in [0, 0.1) is 5.92 Å². The number of piperidine rings is 1. The molecule has 2 heteroatoms. The standard InChI is InChI=1S/C12H20N2/c1-14-8-6-11(7-9-14)10-2-4-12(13)5-3-10/h2-4,11-12H,5-9,13H2,1H3/t12-/m1/s1. The van der Waals surface area contributed by atoms with E-state index in [9.17, 15) is 0 Å². The average Bonchev–Trinajstić information content (AvgIpc) is 2.21. The third-order valence-corrected chi connectivity index (χ3v) is 3.35. The van der Waals surface area contributed by atoms with Gasteiger partial charge in [-0.15, -0.1) is 0 Å². The van der Waals surface area contributed by atoms with E-state index in [0.717, 1.165) is 12.3 Å². The average molecular weight is 192 g/mol. The zero-order valence-electron chi connectivity index (χ0n) is 8.95. The molecule has 1 atom stereocenters. The first-order chi connectivity index (χ1) is 6.75. The summed E-state index contributed by atoms with van der Waals surface area (Å²) in [7, 11) is 2.21. The number of allylic oxidation sites excluding steroid dienone is 2.